The van der Waals surface area contributed by atoms with E-state index in [0.29, 0.717) is 21.8 Å². The maximum absolute atomic E-state index is 12.6. The van der Waals surface area contributed by atoms with E-state index in [1.165, 1.54) is 12.1 Å². The fourth-order valence-corrected chi connectivity index (χ4v) is 2.12. The fraction of sp³-hybridized carbons (Fsp3) is 0.133. The maximum Gasteiger partial charge on any atom is 1.00 e. The minimum absolute atomic E-state index is 0. The molecule has 0 saturated heterocycles. The summed E-state index contributed by atoms with van der Waals surface area (Å²) in [5, 5.41) is 17.8. The molecule has 0 N–H and O–H groups in total. The summed E-state index contributed by atoms with van der Waals surface area (Å²) in [6.45, 7) is 0. The van der Waals surface area contributed by atoms with Crippen molar-refractivity contribution < 1.29 is 127 Å². The largest absolute Gasteiger partial charge is 1.00 e. The van der Waals surface area contributed by atoms with Gasteiger partial charge in [-0.05, 0) is 29.4 Å². The molecule has 2 aromatic rings. The van der Waals surface area contributed by atoms with Gasteiger partial charge in [0.15, 0.2) is 0 Å². The van der Waals surface area contributed by atoms with Crippen LogP contribution < -0.4 is 113 Å². The summed E-state index contributed by atoms with van der Waals surface area (Å²) in [6, 6.07) is 13.4. The van der Waals surface area contributed by atoms with Crippen LogP contribution in [0.3, 0.4) is 0 Å². The Kier molecular flexibility index (Phi) is 24.9. The van der Waals surface area contributed by atoms with Gasteiger partial charge in [0.05, 0.1) is 0 Å². The van der Waals surface area contributed by atoms with Gasteiger partial charge in [-0.25, -0.2) is 8.78 Å². The number of hydrogen-bond acceptors (Lipinski definition) is 3. The molecular weight excluding hydrogens is 504 g/mol. The van der Waals surface area contributed by atoms with Crippen LogP contribution in [0.15, 0.2) is 48.5 Å². The van der Waals surface area contributed by atoms with Crippen molar-refractivity contribution in [1.82, 2.24) is 0 Å². The number of halogens is 4. The third kappa shape index (κ3) is 16.0. The Bertz CT molecular complexity index is 541. The SMILES string of the molecule is Fc1ccccc1CBr.Fc1ccccc1CBr.O=C([O-])[O-].[K+].[K+]. The van der Waals surface area contributed by atoms with E-state index in [9.17, 15) is 8.78 Å². The average Bonchev–Trinajstić information content (AvgIpc) is 2.48. The first-order valence-electron chi connectivity index (χ1n) is 5.89. The topological polar surface area (TPSA) is 63.2 Å². The number of carboxylic acid groups (broad SMARTS) is 2. The second-order valence-electron chi connectivity index (χ2n) is 3.70. The van der Waals surface area contributed by atoms with Gasteiger partial charge in [-0.3, -0.25) is 0 Å². The van der Waals surface area contributed by atoms with Crippen LogP contribution in [-0.2, 0) is 10.7 Å². The quantitative estimate of drug-likeness (QED) is 0.316. The molecule has 2 aromatic carbocycles. The molecule has 9 heteroatoms. The Labute approximate surface area is 241 Å². The van der Waals surface area contributed by atoms with Gasteiger partial charge in [-0.1, -0.05) is 68.3 Å². The Morgan fingerprint density at radius 3 is 1.21 bits per heavy atom. The Hall–Kier alpha value is 1.80. The molecular formula is C15H12Br2F2K2O3. The van der Waals surface area contributed by atoms with Crippen molar-refractivity contribution in [2.45, 2.75) is 10.7 Å². The van der Waals surface area contributed by atoms with Crippen LogP contribution >= 0.6 is 31.9 Å². The summed E-state index contributed by atoms with van der Waals surface area (Å²) in [4.78, 5) is 8.33. The van der Waals surface area contributed by atoms with E-state index in [0.717, 1.165) is 0 Å². The third-order valence-corrected chi connectivity index (χ3v) is 3.41. The molecule has 0 aromatic heterocycles. The van der Waals surface area contributed by atoms with Gasteiger partial charge in [0.2, 0.25) is 0 Å². The molecule has 2 rings (SSSR count). The standard InChI is InChI=1S/2C7H6BrF.CH2O3.2K/c2*8-5-6-3-1-2-4-7(6)9;2-1(3)4;;/h2*1-4H,5H2;(H2,2,3,4);;/q;;;2*+1/p-2. The van der Waals surface area contributed by atoms with Gasteiger partial charge in [0.25, 0.3) is 0 Å². The molecule has 0 aliphatic rings. The number of hydrogen-bond donors (Lipinski definition) is 0. The molecule has 0 aliphatic carbocycles. The van der Waals surface area contributed by atoms with Gasteiger partial charge in [0, 0.05) is 10.7 Å². The fourth-order valence-electron chi connectivity index (χ4n) is 1.21. The van der Waals surface area contributed by atoms with Crippen LogP contribution in [0.4, 0.5) is 13.6 Å². The molecule has 0 heterocycles. The van der Waals surface area contributed by atoms with Crippen molar-refractivity contribution in [3.63, 3.8) is 0 Å². The van der Waals surface area contributed by atoms with E-state index in [1.54, 1.807) is 24.3 Å². The minimum atomic E-state index is -2.33. The minimum Gasteiger partial charge on any atom is -0.652 e. The van der Waals surface area contributed by atoms with E-state index in [-0.39, 0.29) is 114 Å². The summed E-state index contributed by atoms with van der Waals surface area (Å²) in [7, 11) is 0. The van der Waals surface area contributed by atoms with Crippen molar-refractivity contribution in [2.75, 3.05) is 0 Å². The van der Waals surface area contributed by atoms with Gasteiger partial charge in [0.1, 0.15) is 11.6 Å². The molecule has 0 unspecified atom stereocenters. The van der Waals surface area contributed by atoms with E-state index >= 15 is 0 Å². The molecule has 0 amide bonds. The van der Waals surface area contributed by atoms with Crippen LogP contribution in [0.2, 0.25) is 0 Å². The van der Waals surface area contributed by atoms with Gasteiger partial charge in [-0.2, -0.15) is 0 Å². The molecule has 0 atom stereocenters. The zero-order chi connectivity index (χ0) is 17.0. The molecule has 24 heavy (non-hydrogen) atoms. The van der Waals surface area contributed by atoms with E-state index in [1.807, 2.05) is 12.1 Å². The first kappa shape index (κ1) is 30.5. The van der Waals surface area contributed by atoms with E-state index < -0.39 is 6.16 Å². The molecule has 0 spiro atoms. The Morgan fingerprint density at radius 1 is 0.792 bits per heavy atom. The molecule has 3 nitrogen and oxygen atoms in total. The van der Waals surface area contributed by atoms with Crippen molar-refractivity contribution in [2.24, 2.45) is 0 Å². The monoisotopic (exact) mass is 514 g/mol. The second-order valence-corrected chi connectivity index (χ2v) is 4.82. The van der Waals surface area contributed by atoms with Crippen molar-refractivity contribution in [1.29, 1.82) is 0 Å². The van der Waals surface area contributed by atoms with E-state index in [4.69, 9.17) is 15.0 Å². The molecule has 0 fully saturated rings. The summed E-state index contributed by atoms with van der Waals surface area (Å²) in [5.41, 5.74) is 1.41. The predicted octanol–water partition coefficient (Wildman–Crippen LogP) is -3.00. The zero-order valence-electron chi connectivity index (χ0n) is 13.3. The average molecular weight is 516 g/mol. The number of alkyl halides is 2. The summed E-state index contributed by atoms with van der Waals surface area (Å²) in [5.74, 6) is -0.288. The van der Waals surface area contributed by atoms with Crippen molar-refractivity contribution in [3.8, 4) is 0 Å². The van der Waals surface area contributed by atoms with Crippen molar-refractivity contribution in [3.05, 3.63) is 71.3 Å². The summed E-state index contributed by atoms with van der Waals surface area (Å²) >= 11 is 6.34. The van der Waals surface area contributed by atoms with Gasteiger partial charge in [-0.15, -0.1) is 0 Å². The number of rotatable bonds is 2. The first-order valence-corrected chi connectivity index (χ1v) is 8.13. The molecule has 0 bridgehead atoms. The third-order valence-electron chi connectivity index (χ3n) is 2.20. The Balaban J connectivity index is -0.000000283. The maximum atomic E-state index is 12.6. The van der Waals surface area contributed by atoms with Crippen molar-refractivity contribution >= 4 is 38.0 Å². The zero-order valence-corrected chi connectivity index (χ0v) is 22.7. The second kappa shape index (κ2) is 19.6. The van der Waals surface area contributed by atoms with Crippen LogP contribution in [0.1, 0.15) is 11.1 Å². The number of carbonyl (C=O) groups excluding carboxylic acids is 1. The number of benzene rings is 2. The van der Waals surface area contributed by atoms with Gasteiger partial charge < -0.3 is 15.0 Å². The molecule has 0 radical (unpaired) electrons. The smallest absolute Gasteiger partial charge is 0.652 e. The number of carbonyl (C=O) groups is 1. The summed E-state index contributed by atoms with van der Waals surface area (Å²) in [6.07, 6.45) is -2.33. The van der Waals surface area contributed by atoms with E-state index in [2.05, 4.69) is 31.9 Å². The molecule has 0 saturated carbocycles. The first-order chi connectivity index (χ1) is 10.4. The van der Waals surface area contributed by atoms with Crippen LogP contribution in [0, 0.1) is 11.6 Å². The molecule has 120 valence electrons. The van der Waals surface area contributed by atoms with Gasteiger partial charge >= 0.3 is 103 Å². The molecule has 0 aliphatic heterocycles. The Morgan fingerprint density at radius 2 is 1.04 bits per heavy atom. The van der Waals surface area contributed by atoms with Crippen LogP contribution in [-0.4, -0.2) is 6.16 Å². The summed E-state index contributed by atoms with van der Waals surface area (Å²) < 4.78 is 25.1. The van der Waals surface area contributed by atoms with Crippen LogP contribution in [0.25, 0.3) is 0 Å². The normalized spacial score (nSPS) is 8.17. The predicted molar refractivity (Wildman–Crippen MR) is 83.5 cm³/mol. The van der Waals surface area contributed by atoms with Crippen LogP contribution in [0.5, 0.6) is 0 Å².